The Bertz CT molecular complexity index is 632. The van der Waals surface area contributed by atoms with Gasteiger partial charge in [0.2, 0.25) is 5.91 Å². The van der Waals surface area contributed by atoms with E-state index in [0.717, 1.165) is 25.1 Å². The van der Waals surface area contributed by atoms with Crippen molar-refractivity contribution in [2.75, 3.05) is 33.8 Å². The number of amides is 1. The second-order valence-corrected chi connectivity index (χ2v) is 5.70. The van der Waals surface area contributed by atoms with Crippen LogP contribution < -0.4 is 10.1 Å². The Kier molecular flexibility index (Phi) is 7.23. The van der Waals surface area contributed by atoms with Crippen molar-refractivity contribution < 1.29 is 9.53 Å². The fourth-order valence-corrected chi connectivity index (χ4v) is 2.36. The normalized spacial score (nSPS) is 10.4. The van der Waals surface area contributed by atoms with Crippen LogP contribution in [-0.2, 0) is 17.6 Å². The maximum absolute atomic E-state index is 12.1. The summed E-state index contributed by atoms with van der Waals surface area (Å²) >= 11 is 0. The molecule has 0 radical (unpaired) electrons. The monoisotopic (exact) mass is 327 g/mol. The van der Waals surface area contributed by atoms with E-state index in [1.54, 1.807) is 24.4 Å². The zero-order chi connectivity index (χ0) is 17.2. The maximum Gasteiger partial charge on any atom is 0.236 e. The van der Waals surface area contributed by atoms with Gasteiger partial charge in [0.25, 0.3) is 0 Å². The molecule has 0 atom stereocenters. The lowest BCUT2D eigenvalue weighted by Gasteiger charge is -2.17. The molecule has 0 aliphatic carbocycles. The van der Waals surface area contributed by atoms with Crippen LogP contribution in [0.25, 0.3) is 0 Å². The topological polar surface area (TPSA) is 54.5 Å². The lowest BCUT2D eigenvalue weighted by molar-refractivity contribution is -0.128. The highest BCUT2D eigenvalue weighted by atomic mass is 16.5. The first kappa shape index (κ1) is 17.9. The Morgan fingerprint density at radius 2 is 1.96 bits per heavy atom. The molecule has 0 fully saturated rings. The van der Waals surface area contributed by atoms with Gasteiger partial charge in [-0.25, -0.2) is 0 Å². The Morgan fingerprint density at radius 3 is 2.71 bits per heavy atom. The summed E-state index contributed by atoms with van der Waals surface area (Å²) in [6, 6.07) is 11.9. The van der Waals surface area contributed by atoms with Crippen LogP contribution in [0.3, 0.4) is 0 Å². The minimum Gasteiger partial charge on any atom is -0.497 e. The van der Waals surface area contributed by atoms with E-state index in [-0.39, 0.29) is 5.91 Å². The summed E-state index contributed by atoms with van der Waals surface area (Å²) in [6.45, 7) is 1.83. The molecule has 1 aromatic carbocycles. The van der Waals surface area contributed by atoms with Gasteiger partial charge in [-0.1, -0.05) is 12.1 Å². The molecule has 1 heterocycles. The van der Waals surface area contributed by atoms with Gasteiger partial charge in [0, 0.05) is 26.0 Å². The molecule has 2 aromatic rings. The molecule has 0 saturated carbocycles. The van der Waals surface area contributed by atoms with Crippen LogP contribution in [0.5, 0.6) is 5.75 Å². The summed E-state index contributed by atoms with van der Waals surface area (Å²) in [5, 5.41) is 3.21. The van der Waals surface area contributed by atoms with E-state index in [1.807, 2.05) is 37.4 Å². The van der Waals surface area contributed by atoms with E-state index in [2.05, 4.69) is 16.4 Å². The first-order chi connectivity index (χ1) is 11.7. The highest BCUT2D eigenvalue weighted by Crippen LogP contribution is 2.12. The van der Waals surface area contributed by atoms with Crippen molar-refractivity contribution in [1.82, 2.24) is 15.2 Å². The number of rotatable bonds is 9. The highest BCUT2D eigenvalue weighted by Gasteiger charge is 2.08. The molecule has 0 spiro atoms. The maximum atomic E-state index is 12.1. The molecule has 5 nitrogen and oxygen atoms in total. The Balaban J connectivity index is 1.65. The summed E-state index contributed by atoms with van der Waals surface area (Å²) in [5.41, 5.74) is 2.39. The van der Waals surface area contributed by atoms with Gasteiger partial charge in [-0.2, -0.15) is 0 Å². The predicted molar refractivity (Wildman–Crippen MR) is 95.1 cm³/mol. The summed E-state index contributed by atoms with van der Waals surface area (Å²) in [6.07, 6.45) is 5.26. The Hall–Kier alpha value is -2.40. The number of hydrogen-bond donors (Lipinski definition) is 1. The van der Waals surface area contributed by atoms with Gasteiger partial charge in [0.05, 0.1) is 13.7 Å². The fraction of sp³-hybridized carbons (Fsp3) is 0.368. The molecule has 0 saturated heterocycles. The molecule has 1 amide bonds. The van der Waals surface area contributed by atoms with Gasteiger partial charge in [0.1, 0.15) is 5.75 Å². The number of carbonyl (C=O) groups excluding carboxylic acids is 1. The van der Waals surface area contributed by atoms with E-state index < -0.39 is 0 Å². The van der Waals surface area contributed by atoms with E-state index in [4.69, 9.17) is 4.74 Å². The average Bonchev–Trinajstić information content (AvgIpc) is 2.64. The predicted octanol–water partition coefficient (Wildman–Crippen LogP) is 1.92. The minimum absolute atomic E-state index is 0.106. The van der Waals surface area contributed by atoms with Crippen LogP contribution in [0.2, 0.25) is 0 Å². The van der Waals surface area contributed by atoms with Crippen molar-refractivity contribution >= 4 is 5.91 Å². The summed E-state index contributed by atoms with van der Waals surface area (Å²) in [7, 11) is 3.51. The van der Waals surface area contributed by atoms with E-state index >= 15 is 0 Å². The second kappa shape index (κ2) is 9.67. The molecule has 2 rings (SSSR count). The number of likely N-dealkylation sites (N-methyl/N-ethyl adjacent to an activating group) is 1. The van der Waals surface area contributed by atoms with Crippen LogP contribution in [0.4, 0.5) is 0 Å². The molecule has 128 valence electrons. The largest absolute Gasteiger partial charge is 0.497 e. The first-order valence-corrected chi connectivity index (χ1v) is 8.15. The van der Waals surface area contributed by atoms with Crippen molar-refractivity contribution in [2.45, 2.75) is 12.8 Å². The number of ether oxygens (including phenoxy) is 1. The number of nitrogens with zero attached hydrogens (tertiary/aromatic N) is 2. The number of pyridine rings is 1. The number of nitrogens with one attached hydrogen (secondary N) is 1. The molecule has 0 aliphatic rings. The molecular formula is C19H25N3O2. The zero-order valence-corrected chi connectivity index (χ0v) is 14.4. The summed E-state index contributed by atoms with van der Waals surface area (Å²) in [5.74, 6) is 0.967. The highest BCUT2D eigenvalue weighted by molar-refractivity contribution is 5.77. The van der Waals surface area contributed by atoms with Crippen molar-refractivity contribution in [3.8, 4) is 5.75 Å². The van der Waals surface area contributed by atoms with E-state index in [0.29, 0.717) is 13.1 Å². The summed E-state index contributed by atoms with van der Waals surface area (Å²) in [4.78, 5) is 17.9. The number of carbonyl (C=O) groups is 1. The minimum atomic E-state index is 0.106. The SMILES string of the molecule is COc1cccc(CCNCC(=O)N(C)CCc2ccncc2)c1. The molecule has 1 N–H and O–H groups in total. The number of hydrogen-bond acceptors (Lipinski definition) is 4. The van der Waals surface area contributed by atoms with Gasteiger partial charge in [-0.3, -0.25) is 9.78 Å². The third-order valence-corrected chi connectivity index (χ3v) is 3.91. The van der Waals surface area contributed by atoms with Crippen LogP contribution in [0, 0.1) is 0 Å². The molecule has 5 heteroatoms. The fourth-order valence-electron chi connectivity index (χ4n) is 2.36. The molecule has 0 aliphatic heterocycles. The van der Waals surface area contributed by atoms with Gasteiger partial charge in [0.15, 0.2) is 0 Å². The third kappa shape index (κ3) is 6.01. The van der Waals surface area contributed by atoms with Gasteiger partial charge < -0.3 is 15.0 Å². The van der Waals surface area contributed by atoms with E-state index in [9.17, 15) is 4.79 Å². The van der Waals surface area contributed by atoms with Crippen LogP contribution in [-0.4, -0.2) is 49.6 Å². The van der Waals surface area contributed by atoms with Crippen LogP contribution >= 0.6 is 0 Å². The van der Waals surface area contributed by atoms with Crippen molar-refractivity contribution in [2.24, 2.45) is 0 Å². The number of methoxy groups -OCH3 is 1. The quantitative estimate of drug-likeness (QED) is 0.715. The first-order valence-electron chi connectivity index (χ1n) is 8.15. The van der Waals surface area contributed by atoms with Gasteiger partial charge in [-0.05, 0) is 54.8 Å². The molecular weight excluding hydrogens is 302 g/mol. The smallest absolute Gasteiger partial charge is 0.236 e. The molecule has 0 unspecified atom stereocenters. The van der Waals surface area contributed by atoms with E-state index in [1.165, 1.54) is 11.1 Å². The number of aromatic nitrogens is 1. The Morgan fingerprint density at radius 1 is 1.17 bits per heavy atom. The van der Waals surface area contributed by atoms with Crippen LogP contribution in [0.1, 0.15) is 11.1 Å². The molecule has 0 bridgehead atoms. The van der Waals surface area contributed by atoms with Crippen molar-refractivity contribution in [3.63, 3.8) is 0 Å². The lowest BCUT2D eigenvalue weighted by atomic mass is 10.1. The standard InChI is InChI=1S/C19H25N3O2/c1-22(13-9-16-6-10-20-11-7-16)19(23)15-21-12-8-17-4-3-5-18(14-17)24-2/h3-7,10-11,14,21H,8-9,12-13,15H2,1-2H3. The van der Waals surface area contributed by atoms with Gasteiger partial charge >= 0.3 is 0 Å². The zero-order valence-electron chi connectivity index (χ0n) is 14.4. The van der Waals surface area contributed by atoms with Gasteiger partial charge in [-0.15, -0.1) is 0 Å². The van der Waals surface area contributed by atoms with Crippen molar-refractivity contribution in [1.29, 1.82) is 0 Å². The Labute approximate surface area is 143 Å². The molecule has 1 aromatic heterocycles. The lowest BCUT2D eigenvalue weighted by Crippen LogP contribution is -2.37. The molecule has 24 heavy (non-hydrogen) atoms. The van der Waals surface area contributed by atoms with Crippen molar-refractivity contribution in [3.05, 3.63) is 59.9 Å². The average molecular weight is 327 g/mol. The third-order valence-electron chi connectivity index (χ3n) is 3.91. The summed E-state index contributed by atoms with van der Waals surface area (Å²) < 4.78 is 5.21. The number of benzene rings is 1. The second-order valence-electron chi connectivity index (χ2n) is 5.70. The van der Waals surface area contributed by atoms with Crippen LogP contribution in [0.15, 0.2) is 48.8 Å².